The Kier molecular flexibility index (Phi) is 16.0. The van der Waals surface area contributed by atoms with Crippen LogP contribution in [0, 0.1) is 11.3 Å². The van der Waals surface area contributed by atoms with Gasteiger partial charge in [-0.05, 0) is 30.4 Å². The fraction of sp³-hybridized carbons (Fsp3) is 0.913. The van der Waals surface area contributed by atoms with Gasteiger partial charge in [-0.15, -0.1) is 11.8 Å². The number of amides is 2. The molecule has 0 aromatic heterocycles. The predicted molar refractivity (Wildman–Crippen MR) is 128 cm³/mol. The molecule has 0 bridgehead atoms. The first kappa shape index (κ1) is 29.2. The first-order valence-corrected chi connectivity index (χ1v) is 13.1. The molecule has 1 aliphatic rings. The normalized spacial score (nSPS) is 15.2. The molecule has 0 unspecified atom stereocenters. The van der Waals surface area contributed by atoms with Gasteiger partial charge in [-0.1, -0.05) is 20.8 Å². The zero-order valence-electron chi connectivity index (χ0n) is 20.5. The van der Waals surface area contributed by atoms with Crippen molar-refractivity contribution in [2.45, 2.75) is 46.5 Å². The van der Waals surface area contributed by atoms with Gasteiger partial charge in [0.1, 0.15) is 0 Å². The number of nitrogens with zero attached hydrogens (tertiary/aromatic N) is 1. The van der Waals surface area contributed by atoms with Crippen molar-refractivity contribution in [2.75, 3.05) is 78.1 Å². The minimum Gasteiger partial charge on any atom is -0.379 e. The van der Waals surface area contributed by atoms with Crippen molar-refractivity contribution in [1.29, 1.82) is 0 Å². The highest BCUT2D eigenvalue weighted by atomic mass is 32.2. The van der Waals surface area contributed by atoms with E-state index < -0.39 is 0 Å². The van der Waals surface area contributed by atoms with Gasteiger partial charge in [0.25, 0.3) is 0 Å². The number of hydrogen-bond acceptors (Lipinski definition) is 7. The smallest absolute Gasteiger partial charge is 0.224 e. The molecule has 0 radical (unpaired) electrons. The molecule has 0 aromatic carbocycles. The van der Waals surface area contributed by atoms with Gasteiger partial charge in [0.05, 0.1) is 65.2 Å². The third-order valence-electron chi connectivity index (χ3n) is 5.54. The SMILES string of the molecule is CSCNC(=O)CCOCCOCCOCCOCCC(=O)N1CCC(C(C)(C)C)CC1. The first-order chi connectivity index (χ1) is 15.3. The summed E-state index contributed by atoms with van der Waals surface area (Å²) in [7, 11) is 0. The van der Waals surface area contributed by atoms with Gasteiger partial charge in [0.15, 0.2) is 0 Å². The predicted octanol–water partition coefficient (Wildman–Crippen LogP) is 2.55. The number of rotatable bonds is 17. The molecule has 0 aliphatic carbocycles. The summed E-state index contributed by atoms with van der Waals surface area (Å²) in [6, 6.07) is 0. The van der Waals surface area contributed by atoms with Gasteiger partial charge in [0, 0.05) is 19.5 Å². The summed E-state index contributed by atoms with van der Waals surface area (Å²) >= 11 is 1.57. The Morgan fingerprint density at radius 1 is 0.844 bits per heavy atom. The van der Waals surface area contributed by atoms with Gasteiger partial charge in [-0.25, -0.2) is 0 Å². The zero-order valence-corrected chi connectivity index (χ0v) is 21.3. The topological polar surface area (TPSA) is 86.3 Å². The molecule has 1 fully saturated rings. The standard InChI is InChI=1S/C23H44N2O6S/c1-23(2,3)20-5-9-25(10-6-20)22(27)8-12-29-14-16-31-18-17-30-15-13-28-11-7-21(26)24-19-32-4/h20H,5-19H2,1-4H3,(H,24,26). The Morgan fingerprint density at radius 3 is 1.78 bits per heavy atom. The summed E-state index contributed by atoms with van der Waals surface area (Å²) in [5.41, 5.74) is 0.323. The van der Waals surface area contributed by atoms with Crippen LogP contribution in [0.15, 0.2) is 0 Å². The van der Waals surface area contributed by atoms with Gasteiger partial charge in [-0.3, -0.25) is 9.59 Å². The highest BCUT2D eigenvalue weighted by Crippen LogP contribution is 2.34. The van der Waals surface area contributed by atoms with E-state index in [4.69, 9.17) is 18.9 Å². The lowest BCUT2D eigenvalue weighted by molar-refractivity contribution is -0.134. The van der Waals surface area contributed by atoms with Crippen LogP contribution in [0.5, 0.6) is 0 Å². The van der Waals surface area contributed by atoms with Crippen LogP contribution >= 0.6 is 11.8 Å². The Bertz CT molecular complexity index is 507. The lowest BCUT2D eigenvalue weighted by Gasteiger charge is -2.38. The molecule has 1 N–H and O–H groups in total. The van der Waals surface area contributed by atoms with E-state index in [0.29, 0.717) is 82.9 Å². The Balaban J connectivity index is 1.84. The Labute approximate surface area is 198 Å². The van der Waals surface area contributed by atoms with Gasteiger partial charge in [0.2, 0.25) is 11.8 Å². The molecule has 8 nitrogen and oxygen atoms in total. The molecule has 0 saturated carbocycles. The maximum atomic E-state index is 12.3. The van der Waals surface area contributed by atoms with Crippen LogP contribution < -0.4 is 5.32 Å². The monoisotopic (exact) mass is 476 g/mol. The van der Waals surface area contributed by atoms with Crippen molar-refractivity contribution in [1.82, 2.24) is 10.2 Å². The van der Waals surface area contributed by atoms with E-state index in [1.165, 1.54) is 0 Å². The summed E-state index contributed by atoms with van der Waals surface area (Å²) in [6.07, 6.45) is 4.92. The molecule has 1 heterocycles. The number of likely N-dealkylation sites (tertiary alicyclic amines) is 1. The van der Waals surface area contributed by atoms with E-state index >= 15 is 0 Å². The van der Waals surface area contributed by atoms with E-state index in [0.717, 1.165) is 25.9 Å². The highest BCUT2D eigenvalue weighted by molar-refractivity contribution is 7.98. The van der Waals surface area contributed by atoms with Crippen molar-refractivity contribution >= 4 is 23.6 Å². The first-order valence-electron chi connectivity index (χ1n) is 11.7. The van der Waals surface area contributed by atoms with E-state index in [-0.39, 0.29) is 11.8 Å². The van der Waals surface area contributed by atoms with Gasteiger partial charge in [-0.2, -0.15) is 0 Å². The molecule has 9 heteroatoms. The number of carbonyl (C=O) groups excluding carboxylic acids is 2. The average Bonchev–Trinajstić information content (AvgIpc) is 2.77. The van der Waals surface area contributed by atoms with Crippen molar-refractivity contribution < 1.29 is 28.5 Å². The number of nitrogens with one attached hydrogen (secondary N) is 1. The molecular formula is C23H44N2O6S. The number of hydrogen-bond donors (Lipinski definition) is 1. The molecule has 0 atom stereocenters. The maximum Gasteiger partial charge on any atom is 0.224 e. The molecular weight excluding hydrogens is 432 g/mol. The van der Waals surface area contributed by atoms with Crippen LogP contribution in [-0.2, 0) is 28.5 Å². The molecule has 1 saturated heterocycles. The molecule has 32 heavy (non-hydrogen) atoms. The molecule has 2 amide bonds. The van der Waals surface area contributed by atoms with Crippen LogP contribution in [0.3, 0.4) is 0 Å². The van der Waals surface area contributed by atoms with Gasteiger partial charge < -0.3 is 29.2 Å². The minimum absolute atomic E-state index is 0.000914. The third-order valence-corrected chi connectivity index (χ3v) is 5.97. The highest BCUT2D eigenvalue weighted by Gasteiger charge is 2.30. The fourth-order valence-corrected chi connectivity index (χ4v) is 3.79. The van der Waals surface area contributed by atoms with Crippen LogP contribution in [-0.4, -0.2) is 94.8 Å². The summed E-state index contributed by atoms with van der Waals surface area (Å²) in [6.45, 7) is 12.3. The zero-order chi connectivity index (χ0) is 23.7. The van der Waals surface area contributed by atoms with Crippen molar-refractivity contribution in [2.24, 2.45) is 11.3 Å². The second-order valence-electron chi connectivity index (χ2n) is 9.00. The quantitative estimate of drug-likeness (QED) is 0.255. The summed E-state index contributed by atoms with van der Waals surface area (Å²) in [5, 5.41) is 2.77. The number of carbonyl (C=O) groups is 2. The van der Waals surface area contributed by atoms with Crippen LogP contribution in [0.25, 0.3) is 0 Å². The third kappa shape index (κ3) is 14.3. The lowest BCUT2D eigenvalue weighted by atomic mass is 9.75. The second kappa shape index (κ2) is 17.6. The lowest BCUT2D eigenvalue weighted by Crippen LogP contribution is -2.41. The average molecular weight is 477 g/mol. The Hall–Kier alpha value is -0.870. The largest absolute Gasteiger partial charge is 0.379 e. The number of ether oxygens (including phenoxy) is 4. The van der Waals surface area contributed by atoms with E-state index in [2.05, 4.69) is 26.1 Å². The molecule has 0 spiro atoms. The van der Waals surface area contributed by atoms with Crippen molar-refractivity contribution in [3.8, 4) is 0 Å². The van der Waals surface area contributed by atoms with Gasteiger partial charge >= 0.3 is 0 Å². The van der Waals surface area contributed by atoms with Crippen LogP contribution in [0.2, 0.25) is 0 Å². The minimum atomic E-state index is 0.000914. The van der Waals surface area contributed by atoms with Crippen LogP contribution in [0.1, 0.15) is 46.5 Å². The molecule has 1 rings (SSSR count). The molecule has 1 aliphatic heterocycles. The number of piperidine rings is 1. The summed E-state index contributed by atoms with van der Waals surface area (Å²) in [5.74, 6) is 1.51. The molecule has 0 aromatic rings. The number of thioether (sulfide) groups is 1. The van der Waals surface area contributed by atoms with Crippen molar-refractivity contribution in [3.05, 3.63) is 0 Å². The summed E-state index contributed by atoms with van der Waals surface area (Å²) < 4.78 is 21.7. The fourth-order valence-electron chi connectivity index (χ4n) is 3.48. The van der Waals surface area contributed by atoms with Crippen molar-refractivity contribution in [3.63, 3.8) is 0 Å². The van der Waals surface area contributed by atoms with Crippen LogP contribution in [0.4, 0.5) is 0 Å². The van der Waals surface area contributed by atoms with E-state index in [1.54, 1.807) is 11.8 Å². The molecule has 188 valence electrons. The summed E-state index contributed by atoms with van der Waals surface area (Å²) in [4.78, 5) is 25.6. The maximum absolute atomic E-state index is 12.3. The van der Waals surface area contributed by atoms with E-state index in [1.807, 2.05) is 11.2 Å². The van der Waals surface area contributed by atoms with E-state index in [9.17, 15) is 9.59 Å². The Morgan fingerprint density at radius 2 is 1.31 bits per heavy atom. The second-order valence-corrected chi connectivity index (χ2v) is 9.87.